The Labute approximate surface area is 153 Å². The molecule has 0 spiro atoms. The molecular formula is C20H20BN3O2. The summed E-state index contributed by atoms with van der Waals surface area (Å²) in [4.78, 5) is 4.61. The van der Waals surface area contributed by atoms with Crippen molar-refractivity contribution in [2.45, 2.75) is 38.9 Å². The van der Waals surface area contributed by atoms with Gasteiger partial charge >= 0.3 is 7.12 Å². The molecular weight excluding hydrogens is 325 g/mol. The molecule has 0 atom stereocenters. The molecule has 1 fully saturated rings. The van der Waals surface area contributed by atoms with Crippen LogP contribution in [0.5, 0.6) is 0 Å². The van der Waals surface area contributed by atoms with Crippen LogP contribution in [0.25, 0.3) is 16.9 Å². The molecule has 1 aliphatic heterocycles. The number of aromatic nitrogens is 2. The Morgan fingerprint density at radius 2 is 1.69 bits per heavy atom. The quantitative estimate of drug-likeness (QED) is 0.670. The maximum Gasteiger partial charge on any atom is 0.494 e. The predicted molar refractivity (Wildman–Crippen MR) is 101 cm³/mol. The minimum Gasteiger partial charge on any atom is -0.399 e. The van der Waals surface area contributed by atoms with E-state index in [0.29, 0.717) is 5.56 Å². The molecule has 5 nitrogen and oxygen atoms in total. The third kappa shape index (κ3) is 2.70. The van der Waals surface area contributed by atoms with Gasteiger partial charge in [0.1, 0.15) is 5.65 Å². The first-order valence-electron chi connectivity index (χ1n) is 8.64. The number of pyridine rings is 1. The fourth-order valence-corrected chi connectivity index (χ4v) is 2.98. The molecule has 3 heterocycles. The summed E-state index contributed by atoms with van der Waals surface area (Å²) < 4.78 is 14.1. The number of fused-ring (bicyclic) bond motifs is 1. The van der Waals surface area contributed by atoms with Crippen LogP contribution in [0.1, 0.15) is 33.3 Å². The highest BCUT2D eigenvalue weighted by Crippen LogP contribution is 2.36. The van der Waals surface area contributed by atoms with E-state index in [9.17, 15) is 0 Å². The first-order valence-corrected chi connectivity index (χ1v) is 8.64. The smallest absolute Gasteiger partial charge is 0.399 e. The molecule has 130 valence electrons. The first-order chi connectivity index (χ1) is 12.3. The molecule has 1 saturated heterocycles. The van der Waals surface area contributed by atoms with Gasteiger partial charge in [-0.3, -0.25) is 0 Å². The van der Waals surface area contributed by atoms with E-state index in [4.69, 9.17) is 14.6 Å². The van der Waals surface area contributed by atoms with Gasteiger partial charge in [-0.05, 0) is 45.3 Å². The summed E-state index contributed by atoms with van der Waals surface area (Å²) in [5, 5.41) is 9.02. The van der Waals surface area contributed by atoms with E-state index in [1.165, 1.54) is 0 Å². The molecule has 1 aromatic carbocycles. The Morgan fingerprint density at radius 1 is 1.04 bits per heavy atom. The van der Waals surface area contributed by atoms with Crippen LogP contribution >= 0.6 is 0 Å². The maximum atomic E-state index is 9.02. The Kier molecular flexibility index (Phi) is 3.69. The summed E-state index contributed by atoms with van der Waals surface area (Å²) in [5.74, 6) is 0. The minimum absolute atomic E-state index is 0.351. The van der Waals surface area contributed by atoms with Crippen molar-refractivity contribution in [2.75, 3.05) is 0 Å². The Balaban J connectivity index is 1.62. The van der Waals surface area contributed by atoms with Gasteiger partial charge in [-0.2, -0.15) is 5.26 Å². The lowest BCUT2D eigenvalue weighted by Gasteiger charge is -2.32. The number of imidazole rings is 1. The van der Waals surface area contributed by atoms with Crippen molar-refractivity contribution in [3.8, 4) is 17.3 Å². The van der Waals surface area contributed by atoms with Gasteiger partial charge < -0.3 is 13.7 Å². The number of hydrogen-bond acceptors (Lipinski definition) is 4. The van der Waals surface area contributed by atoms with Gasteiger partial charge in [-0.1, -0.05) is 24.3 Å². The summed E-state index contributed by atoms with van der Waals surface area (Å²) in [5.41, 5.74) is 3.52. The van der Waals surface area contributed by atoms with Crippen molar-refractivity contribution < 1.29 is 9.31 Å². The van der Waals surface area contributed by atoms with E-state index in [0.717, 1.165) is 22.4 Å². The van der Waals surface area contributed by atoms with Crippen molar-refractivity contribution in [2.24, 2.45) is 0 Å². The number of nitrogens with zero attached hydrogens (tertiary/aromatic N) is 3. The average molecular weight is 345 g/mol. The summed E-state index contributed by atoms with van der Waals surface area (Å²) in [6.45, 7) is 8.20. The SMILES string of the molecule is CC1(C)OB(c2ccc(-c3cn4ccc(C#N)cc4n3)cc2)OC1(C)C. The van der Waals surface area contributed by atoms with Crippen LogP contribution in [0.3, 0.4) is 0 Å². The molecule has 4 rings (SSSR count). The lowest BCUT2D eigenvalue weighted by molar-refractivity contribution is 0.00578. The lowest BCUT2D eigenvalue weighted by atomic mass is 9.79. The second-order valence-electron chi connectivity index (χ2n) is 7.63. The van der Waals surface area contributed by atoms with E-state index in [2.05, 4.69) is 11.1 Å². The van der Waals surface area contributed by atoms with Gasteiger partial charge in [0.2, 0.25) is 0 Å². The van der Waals surface area contributed by atoms with E-state index in [1.807, 2.05) is 68.8 Å². The molecule has 3 aromatic rings. The van der Waals surface area contributed by atoms with Crippen LogP contribution < -0.4 is 5.46 Å². The number of rotatable bonds is 2. The van der Waals surface area contributed by atoms with E-state index in [-0.39, 0.29) is 18.3 Å². The van der Waals surface area contributed by atoms with Crippen LogP contribution in [-0.4, -0.2) is 27.7 Å². The van der Waals surface area contributed by atoms with Gasteiger partial charge in [0, 0.05) is 18.0 Å². The monoisotopic (exact) mass is 345 g/mol. The van der Waals surface area contributed by atoms with Gasteiger partial charge in [0.25, 0.3) is 0 Å². The van der Waals surface area contributed by atoms with E-state index < -0.39 is 0 Å². The Hall–Kier alpha value is -2.62. The molecule has 0 saturated carbocycles. The third-order valence-electron chi connectivity index (χ3n) is 5.32. The van der Waals surface area contributed by atoms with Gasteiger partial charge in [-0.15, -0.1) is 0 Å². The zero-order valence-electron chi connectivity index (χ0n) is 15.4. The molecule has 0 bridgehead atoms. The molecule has 0 unspecified atom stereocenters. The second kappa shape index (κ2) is 5.70. The van der Waals surface area contributed by atoms with Crippen LogP contribution in [0, 0.1) is 11.3 Å². The van der Waals surface area contributed by atoms with Crippen molar-refractivity contribution in [1.29, 1.82) is 5.26 Å². The zero-order chi connectivity index (χ0) is 18.5. The molecule has 0 amide bonds. The number of hydrogen-bond donors (Lipinski definition) is 0. The fourth-order valence-electron chi connectivity index (χ4n) is 2.98. The topological polar surface area (TPSA) is 59.5 Å². The Morgan fingerprint density at radius 3 is 2.31 bits per heavy atom. The molecule has 0 radical (unpaired) electrons. The largest absolute Gasteiger partial charge is 0.494 e. The fraction of sp³-hybridized carbons (Fsp3) is 0.300. The van der Waals surface area contributed by atoms with E-state index >= 15 is 0 Å². The molecule has 0 aliphatic carbocycles. The number of benzene rings is 1. The second-order valence-corrected chi connectivity index (χ2v) is 7.63. The summed E-state index contributed by atoms with van der Waals surface area (Å²) in [6, 6.07) is 13.8. The summed E-state index contributed by atoms with van der Waals surface area (Å²) >= 11 is 0. The zero-order valence-corrected chi connectivity index (χ0v) is 15.4. The van der Waals surface area contributed by atoms with Crippen LogP contribution in [-0.2, 0) is 9.31 Å². The highest BCUT2D eigenvalue weighted by atomic mass is 16.7. The average Bonchev–Trinajstić information content (AvgIpc) is 3.12. The molecule has 6 heteroatoms. The standard InChI is InChI=1S/C20H20BN3O2/c1-19(2)20(3,4)26-21(25-19)16-7-5-15(6-8-16)17-13-24-10-9-14(12-22)11-18(24)23-17/h5-11,13H,1-4H3. The summed E-state index contributed by atoms with van der Waals surface area (Å²) in [7, 11) is -0.367. The molecule has 2 aromatic heterocycles. The highest BCUT2D eigenvalue weighted by molar-refractivity contribution is 6.62. The van der Waals surface area contributed by atoms with Crippen LogP contribution in [0.15, 0.2) is 48.8 Å². The highest BCUT2D eigenvalue weighted by Gasteiger charge is 2.51. The number of nitriles is 1. The molecule has 0 N–H and O–H groups in total. The maximum absolute atomic E-state index is 9.02. The van der Waals surface area contributed by atoms with Gasteiger partial charge in [-0.25, -0.2) is 4.98 Å². The lowest BCUT2D eigenvalue weighted by Crippen LogP contribution is -2.41. The molecule has 26 heavy (non-hydrogen) atoms. The molecule has 1 aliphatic rings. The van der Waals surface area contributed by atoms with Crippen molar-refractivity contribution in [1.82, 2.24) is 9.38 Å². The minimum atomic E-state index is -0.367. The van der Waals surface area contributed by atoms with Crippen molar-refractivity contribution in [3.63, 3.8) is 0 Å². The van der Waals surface area contributed by atoms with Gasteiger partial charge in [0.05, 0.1) is 28.5 Å². The van der Waals surface area contributed by atoms with Crippen molar-refractivity contribution in [3.05, 3.63) is 54.4 Å². The first kappa shape index (κ1) is 16.8. The van der Waals surface area contributed by atoms with Crippen molar-refractivity contribution >= 4 is 18.2 Å². The Bertz CT molecular complexity index is 1000. The normalized spacial score (nSPS) is 18.2. The summed E-state index contributed by atoms with van der Waals surface area (Å²) in [6.07, 6.45) is 3.81. The van der Waals surface area contributed by atoms with Crippen LogP contribution in [0.2, 0.25) is 0 Å². The van der Waals surface area contributed by atoms with Crippen LogP contribution in [0.4, 0.5) is 0 Å². The van der Waals surface area contributed by atoms with E-state index in [1.54, 1.807) is 12.1 Å². The van der Waals surface area contributed by atoms with Gasteiger partial charge in [0.15, 0.2) is 0 Å². The predicted octanol–water partition coefficient (Wildman–Crippen LogP) is 3.17. The third-order valence-corrected chi connectivity index (χ3v) is 5.32.